The van der Waals surface area contributed by atoms with Gasteiger partial charge in [0.2, 0.25) is 0 Å². The Balaban J connectivity index is 0.00000172. The Labute approximate surface area is 277 Å². The molecule has 0 spiro atoms. The highest BCUT2D eigenvalue weighted by atomic mass is 15.1. The summed E-state index contributed by atoms with van der Waals surface area (Å²) in [5, 5.41) is 7.44. The van der Waals surface area contributed by atoms with Gasteiger partial charge in [0.1, 0.15) is 0 Å². The lowest BCUT2D eigenvalue weighted by atomic mass is 10.00. The van der Waals surface area contributed by atoms with Gasteiger partial charge in [0.05, 0.1) is 5.69 Å². The summed E-state index contributed by atoms with van der Waals surface area (Å²) in [6, 6.07) is 63.3. The summed E-state index contributed by atoms with van der Waals surface area (Å²) in [7, 11) is 2.17. The molecule has 8 rings (SSSR count). The van der Waals surface area contributed by atoms with Gasteiger partial charge in [-0.15, -0.1) is 0 Å². The van der Waals surface area contributed by atoms with Gasteiger partial charge in [-0.05, 0) is 87.3 Å². The summed E-state index contributed by atoms with van der Waals surface area (Å²) >= 11 is 0. The molecule has 0 fully saturated rings. The van der Waals surface area contributed by atoms with Crippen LogP contribution in [0.5, 0.6) is 0 Å². The summed E-state index contributed by atoms with van der Waals surface area (Å²) in [5.41, 5.74) is 8.11. The lowest BCUT2D eigenvalue weighted by molar-refractivity contribution is 1.22. The molecule has 0 amide bonds. The van der Waals surface area contributed by atoms with Crippen LogP contribution in [0.25, 0.3) is 43.4 Å². The SMILES string of the molecule is CC.CN(c1ccc(N(c2cccc(-c3ccccc3)c2)c2ccc3ccccc3c2)cc1)c1c2ccccc2cc2ccccc12. The molecule has 0 radical (unpaired) electrons. The Kier molecular flexibility index (Phi) is 8.41. The van der Waals surface area contributed by atoms with E-state index in [0.29, 0.717) is 0 Å². The molecule has 0 N–H and O–H groups in total. The largest absolute Gasteiger partial charge is 0.344 e. The first-order chi connectivity index (χ1) is 23.2. The van der Waals surface area contributed by atoms with Crippen LogP contribution in [0.3, 0.4) is 0 Å². The number of hydrogen-bond donors (Lipinski definition) is 0. The van der Waals surface area contributed by atoms with Crippen molar-refractivity contribution in [3.05, 3.63) is 176 Å². The van der Waals surface area contributed by atoms with Crippen LogP contribution in [0, 0.1) is 0 Å². The van der Waals surface area contributed by atoms with E-state index in [1.54, 1.807) is 0 Å². The van der Waals surface area contributed by atoms with Gasteiger partial charge < -0.3 is 9.80 Å². The van der Waals surface area contributed by atoms with Crippen LogP contribution in [0.4, 0.5) is 28.4 Å². The predicted octanol–water partition coefficient (Wildman–Crippen LogP) is 13.1. The van der Waals surface area contributed by atoms with Gasteiger partial charge in [-0.2, -0.15) is 0 Å². The average molecular weight is 607 g/mol. The molecule has 8 aromatic carbocycles. The third-order valence-electron chi connectivity index (χ3n) is 8.78. The smallest absolute Gasteiger partial charge is 0.0567 e. The summed E-state index contributed by atoms with van der Waals surface area (Å²) in [4.78, 5) is 4.68. The van der Waals surface area contributed by atoms with E-state index in [1.807, 2.05) is 13.8 Å². The van der Waals surface area contributed by atoms with Crippen molar-refractivity contribution in [2.75, 3.05) is 16.8 Å². The zero-order chi connectivity index (χ0) is 32.2. The Morgan fingerprint density at radius 3 is 1.53 bits per heavy atom. The van der Waals surface area contributed by atoms with E-state index >= 15 is 0 Å². The molecular weight excluding hydrogens is 569 g/mol. The molecule has 0 aliphatic heterocycles. The number of fused-ring (bicyclic) bond motifs is 3. The third-order valence-corrected chi connectivity index (χ3v) is 8.78. The minimum atomic E-state index is 1.11. The fraction of sp³-hybridized carbons (Fsp3) is 0.0667. The minimum absolute atomic E-state index is 1.11. The number of anilines is 5. The lowest BCUT2D eigenvalue weighted by Gasteiger charge is -2.28. The van der Waals surface area contributed by atoms with Crippen molar-refractivity contribution >= 4 is 60.8 Å². The third kappa shape index (κ3) is 5.82. The number of rotatable bonds is 6. The second-order valence-electron chi connectivity index (χ2n) is 11.5. The maximum Gasteiger partial charge on any atom is 0.0567 e. The van der Waals surface area contributed by atoms with Gasteiger partial charge in [0.25, 0.3) is 0 Å². The Hall–Kier alpha value is -5.86. The Bertz CT molecular complexity index is 2230. The maximum absolute atomic E-state index is 2.36. The first-order valence-corrected chi connectivity index (χ1v) is 16.4. The Morgan fingerprint density at radius 2 is 0.851 bits per heavy atom. The molecule has 0 aromatic heterocycles. The summed E-state index contributed by atoms with van der Waals surface area (Å²) in [6.45, 7) is 4.00. The molecule has 0 bridgehead atoms. The molecule has 0 heterocycles. The molecule has 47 heavy (non-hydrogen) atoms. The standard InChI is InChI=1S/C43H32N2.C2H6/c1-44(43-41-20-9-7-16-35(41)28-36-17-8-10-21-42(36)43)37-24-26-38(27-25-37)45(40-23-22-32-14-5-6-15-33(32)30-40)39-19-11-18-34(29-39)31-12-3-2-4-13-31;1-2/h2-30H,1H3;1-2H3. The van der Waals surface area contributed by atoms with E-state index in [9.17, 15) is 0 Å². The number of benzene rings is 8. The van der Waals surface area contributed by atoms with Crippen LogP contribution in [-0.2, 0) is 0 Å². The predicted molar refractivity (Wildman–Crippen MR) is 205 cm³/mol. The zero-order valence-corrected chi connectivity index (χ0v) is 27.1. The van der Waals surface area contributed by atoms with Crippen LogP contribution < -0.4 is 9.80 Å². The molecule has 0 aliphatic carbocycles. The normalized spacial score (nSPS) is 10.9. The highest BCUT2D eigenvalue weighted by molar-refractivity contribution is 6.12. The van der Waals surface area contributed by atoms with E-state index in [-0.39, 0.29) is 0 Å². The molecule has 0 aliphatic rings. The van der Waals surface area contributed by atoms with Crippen molar-refractivity contribution in [2.45, 2.75) is 13.8 Å². The van der Waals surface area contributed by atoms with E-state index in [0.717, 1.165) is 22.7 Å². The van der Waals surface area contributed by atoms with Crippen LogP contribution in [-0.4, -0.2) is 7.05 Å². The highest BCUT2D eigenvalue weighted by Gasteiger charge is 2.17. The zero-order valence-electron chi connectivity index (χ0n) is 27.1. The van der Waals surface area contributed by atoms with Gasteiger partial charge in [0, 0.05) is 40.6 Å². The van der Waals surface area contributed by atoms with Gasteiger partial charge >= 0.3 is 0 Å². The quantitative estimate of drug-likeness (QED) is 0.174. The molecule has 0 saturated heterocycles. The molecule has 2 heteroatoms. The maximum atomic E-state index is 2.36. The minimum Gasteiger partial charge on any atom is -0.344 e. The molecule has 0 atom stereocenters. The van der Waals surface area contributed by atoms with Gasteiger partial charge in [-0.3, -0.25) is 0 Å². The van der Waals surface area contributed by atoms with Crippen molar-refractivity contribution in [1.82, 2.24) is 0 Å². The van der Waals surface area contributed by atoms with Gasteiger partial charge in [-0.1, -0.05) is 135 Å². The van der Waals surface area contributed by atoms with Gasteiger partial charge in [-0.25, -0.2) is 0 Å². The fourth-order valence-electron chi connectivity index (χ4n) is 6.52. The van der Waals surface area contributed by atoms with Crippen LogP contribution in [0.15, 0.2) is 176 Å². The Morgan fingerprint density at radius 1 is 0.340 bits per heavy atom. The first kappa shape index (κ1) is 29.8. The van der Waals surface area contributed by atoms with Crippen molar-refractivity contribution < 1.29 is 0 Å². The van der Waals surface area contributed by atoms with Crippen LogP contribution in [0.1, 0.15) is 13.8 Å². The average Bonchev–Trinajstić information content (AvgIpc) is 3.15. The van der Waals surface area contributed by atoms with Crippen molar-refractivity contribution in [3.63, 3.8) is 0 Å². The molecule has 228 valence electrons. The van der Waals surface area contributed by atoms with E-state index in [4.69, 9.17) is 0 Å². The molecule has 0 unspecified atom stereocenters. The van der Waals surface area contributed by atoms with E-state index in [1.165, 1.54) is 49.1 Å². The highest BCUT2D eigenvalue weighted by Crippen LogP contribution is 2.41. The van der Waals surface area contributed by atoms with Crippen molar-refractivity contribution in [2.24, 2.45) is 0 Å². The summed E-state index contributed by atoms with van der Waals surface area (Å²) < 4.78 is 0. The van der Waals surface area contributed by atoms with Crippen LogP contribution in [0.2, 0.25) is 0 Å². The summed E-state index contributed by atoms with van der Waals surface area (Å²) in [6.07, 6.45) is 0. The van der Waals surface area contributed by atoms with E-state index in [2.05, 4.69) is 193 Å². The first-order valence-electron chi connectivity index (χ1n) is 16.4. The van der Waals surface area contributed by atoms with Crippen molar-refractivity contribution in [1.29, 1.82) is 0 Å². The topological polar surface area (TPSA) is 6.48 Å². The summed E-state index contributed by atoms with van der Waals surface area (Å²) in [5.74, 6) is 0. The molecule has 0 saturated carbocycles. The number of hydrogen-bond acceptors (Lipinski definition) is 2. The second-order valence-corrected chi connectivity index (χ2v) is 11.5. The monoisotopic (exact) mass is 606 g/mol. The van der Waals surface area contributed by atoms with Gasteiger partial charge in [0.15, 0.2) is 0 Å². The molecule has 2 nitrogen and oxygen atoms in total. The number of nitrogens with zero attached hydrogens (tertiary/aromatic N) is 2. The van der Waals surface area contributed by atoms with Crippen molar-refractivity contribution in [3.8, 4) is 11.1 Å². The molecule has 8 aromatic rings. The lowest BCUT2D eigenvalue weighted by Crippen LogP contribution is -2.12. The second kappa shape index (κ2) is 13.2. The van der Waals surface area contributed by atoms with Crippen LogP contribution >= 0.6 is 0 Å². The van der Waals surface area contributed by atoms with E-state index < -0.39 is 0 Å². The fourth-order valence-corrected chi connectivity index (χ4v) is 6.52. The molecular formula is C45H38N2.